The quantitative estimate of drug-likeness (QED) is 0.330. The molecule has 0 aromatic heterocycles. The van der Waals surface area contributed by atoms with Gasteiger partial charge in [0.2, 0.25) is 0 Å². The number of carbonyl (C=O) groups excluding carboxylic acids is 2. The Morgan fingerprint density at radius 2 is 1.69 bits per heavy atom. The van der Waals surface area contributed by atoms with Crippen molar-refractivity contribution in [3.8, 4) is 0 Å². The molecule has 0 atom stereocenters. The van der Waals surface area contributed by atoms with Crippen molar-refractivity contribution in [1.29, 1.82) is 0 Å². The monoisotopic (exact) mass is 260 g/mol. The first-order valence-electron chi connectivity index (χ1n) is 5.05. The third-order valence-corrected chi connectivity index (χ3v) is 4.42. The minimum atomic E-state index is -0.563. The molecule has 1 rings (SSSR count). The van der Waals surface area contributed by atoms with E-state index in [2.05, 4.69) is 0 Å². The molecule has 0 N–H and O–H groups in total. The van der Waals surface area contributed by atoms with Crippen molar-refractivity contribution in [2.45, 2.75) is 33.3 Å². The van der Waals surface area contributed by atoms with Gasteiger partial charge in [-0.05, 0) is 27.7 Å². The van der Waals surface area contributed by atoms with Crippen LogP contribution in [0, 0.1) is 0 Å². The van der Waals surface area contributed by atoms with Crippen LogP contribution in [0.15, 0.2) is 9.81 Å². The molecular weight excluding hydrogens is 244 g/mol. The number of carbonyl (C=O) groups is 2. The highest BCUT2D eigenvalue weighted by molar-refractivity contribution is 8.25. The molecule has 0 amide bonds. The number of ether oxygens (including phenoxy) is 1. The van der Waals surface area contributed by atoms with Crippen molar-refractivity contribution in [3.05, 3.63) is 9.81 Å². The second-order valence-electron chi connectivity index (χ2n) is 4.42. The molecule has 1 aliphatic rings. The summed E-state index contributed by atoms with van der Waals surface area (Å²) in [5.74, 6) is 1.17. The normalized spacial score (nSPS) is 16.1. The van der Waals surface area contributed by atoms with Gasteiger partial charge < -0.3 is 4.74 Å². The van der Waals surface area contributed by atoms with Gasteiger partial charge in [-0.1, -0.05) is 0 Å². The Kier molecular flexibility index (Phi) is 4.50. The summed E-state index contributed by atoms with van der Waals surface area (Å²) in [7, 11) is 0. The zero-order chi connectivity index (χ0) is 12.3. The second kappa shape index (κ2) is 5.27. The SMILES string of the molecule is CC(=O)C(C(=O)OC(C)(C)C)=C1SCCS1. The summed E-state index contributed by atoms with van der Waals surface area (Å²) in [6.45, 7) is 6.79. The summed E-state index contributed by atoms with van der Waals surface area (Å²) in [5.41, 5.74) is -0.353. The lowest BCUT2D eigenvalue weighted by Gasteiger charge is -2.20. The lowest BCUT2D eigenvalue weighted by atomic mass is 10.1. The van der Waals surface area contributed by atoms with Crippen LogP contribution in [0.3, 0.4) is 0 Å². The lowest BCUT2D eigenvalue weighted by Crippen LogP contribution is -2.27. The van der Waals surface area contributed by atoms with Gasteiger partial charge >= 0.3 is 5.97 Å². The van der Waals surface area contributed by atoms with Crippen molar-refractivity contribution >= 4 is 35.3 Å². The van der Waals surface area contributed by atoms with Gasteiger partial charge in [-0.2, -0.15) is 0 Å². The van der Waals surface area contributed by atoms with E-state index in [4.69, 9.17) is 4.74 Å². The van der Waals surface area contributed by atoms with Crippen molar-refractivity contribution in [3.63, 3.8) is 0 Å². The first-order valence-corrected chi connectivity index (χ1v) is 7.02. The van der Waals surface area contributed by atoms with Gasteiger partial charge in [-0.25, -0.2) is 4.79 Å². The van der Waals surface area contributed by atoms with Crippen LogP contribution in [0.5, 0.6) is 0 Å². The fourth-order valence-corrected chi connectivity index (χ4v) is 3.77. The predicted molar refractivity (Wildman–Crippen MR) is 68.5 cm³/mol. The van der Waals surface area contributed by atoms with Gasteiger partial charge in [0.25, 0.3) is 0 Å². The molecular formula is C11H16O3S2. The van der Waals surface area contributed by atoms with E-state index in [1.807, 2.05) is 0 Å². The molecule has 5 heteroatoms. The molecule has 16 heavy (non-hydrogen) atoms. The predicted octanol–water partition coefficient (Wildman–Crippen LogP) is 2.61. The molecule has 90 valence electrons. The zero-order valence-corrected chi connectivity index (χ0v) is 11.6. The Bertz CT molecular complexity index is 332. The van der Waals surface area contributed by atoms with Gasteiger partial charge in [-0.15, -0.1) is 23.5 Å². The van der Waals surface area contributed by atoms with Crippen molar-refractivity contribution in [2.75, 3.05) is 11.5 Å². The van der Waals surface area contributed by atoms with E-state index in [9.17, 15) is 9.59 Å². The average Bonchev–Trinajstić information content (AvgIpc) is 2.52. The van der Waals surface area contributed by atoms with Crippen LogP contribution in [-0.2, 0) is 14.3 Å². The van der Waals surface area contributed by atoms with Crippen LogP contribution < -0.4 is 0 Å². The summed E-state index contributed by atoms with van der Waals surface area (Å²) < 4.78 is 6.04. The van der Waals surface area contributed by atoms with Crippen molar-refractivity contribution in [2.24, 2.45) is 0 Å². The van der Waals surface area contributed by atoms with E-state index in [0.717, 1.165) is 15.7 Å². The van der Waals surface area contributed by atoms with Gasteiger partial charge in [0.05, 0.1) is 4.24 Å². The summed E-state index contributed by atoms with van der Waals surface area (Å²) >= 11 is 3.11. The largest absolute Gasteiger partial charge is 0.456 e. The smallest absolute Gasteiger partial charge is 0.343 e. The van der Waals surface area contributed by atoms with Crippen LogP contribution in [0.25, 0.3) is 0 Å². The molecule has 1 saturated heterocycles. The van der Waals surface area contributed by atoms with E-state index >= 15 is 0 Å². The minimum Gasteiger partial charge on any atom is -0.456 e. The lowest BCUT2D eigenvalue weighted by molar-refractivity contribution is -0.150. The standard InChI is InChI=1S/C11H16O3S2/c1-7(12)8(10-15-5-6-16-10)9(13)14-11(2,3)4/h5-6H2,1-4H3. The molecule has 1 fully saturated rings. The van der Waals surface area contributed by atoms with E-state index in [1.165, 1.54) is 6.92 Å². The molecule has 0 aromatic carbocycles. The molecule has 0 radical (unpaired) electrons. The van der Waals surface area contributed by atoms with E-state index in [0.29, 0.717) is 0 Å². The van der Waals surface area contributed by atoms with Crippen LogP contribution >= 0.6 is 23.5 Å². The van der Waals surface area contributed by atoms with Gasteiger partial charge in [0.1, 0.15) is 11.2 Å². The third-order valence-electron chi connectivity index (χ3n) is 1.71. The number of ketones is 1. The highest BCUT2D eigenvalue weighted by Crippen LogP contribution is 2.39. The number of thioether (sulfide) groups is 2. The average molecular weight is 260 g/mol. The second-order valence-corrected chi connectivity index (χ2v) is 6.89. The Hall–Kier alpha value is -0.420. The van der Waals surface area contributed by atoms with Crippen LogP contribution in [-0.4, -0.2) is 28.9 Å². The van der Waals surface area contributed by atoms with E-state index < -0.39 is 11.6 Å². The summed E-state index contributed by atoms with van der Waals surface area (Å²) in [6.07, 6.45) is 0. The fraction of sp³-hybridized carbons (Fsp3) is 0.636. The third kappa shape index (κ3) is 3.87. The molecule has 0 aliphatic carbocycles. The maximum atomic E-state index is 11.9. The first kappa shape index (κ1) is 13.6. The van der Waals surface area contributed by atoms with Crippen molar-refractivity contribution < 1.29 is 14.3 Å². The highest BCUT2D eigenvalue weighted by Gasteiger charge is 2.27. The van der Waals surface area contributed by atoms with Gasteiger partial charge in [-0.3, -0.25) is 4.79 Å². The summed E-state index contributed by atoms with van der Waals surface area (Å²) in [4.78, 5) is 23.3. The van der Waals surface area contributed by atoms with Crippen LogP contribution in [0.2, 0.25) is 0 Å². The van der Waals surface area contributed by atoms with Crippen LogP contribution in [0.4, 0.5) is 0 Å². The topological polar surface area (TPSA) is 43.4 Å². The number of rotatable bonds is 2. The summed E-state index contributed by atoms with van der Waals surface area (Å²) in [6, 6.07) is 0. The molecule has 3 nitrogen and oxygen atoms in total. The molecule has 1 heterocycles. The number of hydrogen-bond donors (Lipinski definition) is 0. The van der Waals surface area contributed by atoms with Gasteiger partial charge in [0, 0.05) is 11.5 Å². The Morgan fingerprint density at radius 3 is 2.06 bits per heavy atom. The first-order chi connectivity index (χ1) is 7.31. The fourth-order valence-electron chi connectivity index (χ4n) is 1.15. The van der Waals surface area contributed by atoms with Gasteiger partial charge in [0.15, 0.2) is 5.78 Å². The maximum absolute atomic E-state index is 11.9. The maximum Gasteiger partial charge on any atom is 0.343 e. The molecule has 1 aliphatic heterocycles. The van der Waals surface area contributed by atoms with E-state index in [1.54, 1.807) is 44.3 Å². The molecule has 0 spiro atoms. The summed E-state index contributed by atoms with van der Waals surface area (Å²) in [5, 5.41) is 0. The number of hydrogen-bond acceptors (Lipinski definition) is 5. The number of esters is 1. The van der Waals surface area contributed by atoms with Crippen molar-refractivity contribution in [1.82, 2.24) is 0 Å². The van der Waals surface area contributed by atoms with Crippen LogP contribution in [0.1, 0.15) is 27.7 Å². The Balaban J connectivity index is 2.91. The minimum absolute atomic E-state index is 0.211. The molecule has 0 aromatic rings. The van der Waals surface area contributed by atoms with E-state index in [-0.39, 0.29) is 11.4 Å². The Morgan fingerprint density at radius 1 is 1.19 bits per heavy atom. The molecule has 0 bridgehead atoms. The Labute approximate surface area is 104 Å². The molecule has 0 unspecified atom stereocenters. The number of Topliss-reactive ketones (excluding diaryl/α,β-unsaturated/α-hetero) is 1. The molecule has 0 saturated carbocycles. The zero-order valence-electron chi connectivity index (χ0n) is 9.96. The highest BCUT2D eigenvalue weighted by atomic mass is 32.2.